The average Bonchev–Trinajstić information content (AvgIpc) is 2.59. The zero-order valence-corrected chi connectivity index (χ0v) is 15.0. The van der Waals surface area contributed by atoms with Gasteiger partial charge < -0.3 is 19.9 Å². The van der Waals surface area contributed by atoms with Crippen molar-refractivity contribution in [2.24, 2.45) is 0 Å². The predicted molar refractivity (Wildman–Crippen MR) is 97.8 cm³/mol. The van der Waals surface area contributed by atoms with Gasteiger partial charge in [-0.15, -0.1) is 0 Å². The van der Waals surface area contributed by atoms with Crippen molar-refractivity contribution in [3.05, 3.63) is 52.8 Å². The topological polar surface area (TPSA) is 53.7 Å². The molecule has 136 valence electrons. The molecule has 0 aromatic heterocycles. The number of nitrogen functional groups attached to an aromatic ring is 1. The lowest BCUT2D eigenvalue weighted by atomic mass is 10.2. The Labute approximate surface area is 152 Å². The Hall–Kier alpha value is -1.98. The summed E-state index contributed by atoms with van der Waals surface area (Å²) >= 11 is 5.98. The second-order valence-electron chi connectivity index (χ2n) is 5.48. The van der Waals surface area contributed by atoms with Crippen LogP contribution >= 0.6 is 11.6 Å². The van der Waals surface area contributed by atoms with Gasteiger partial charge in [0.05, 0.1) is 25.5 Å². The minimum Gasteiger partial charge on any atom is -0.494 e. The zero-order chi connectivity index (χ0) is 18.1. The molecular formula is C19H23ClFNO3. The SMILES string of the molecule is CCOc1ccc(OCCCCOCc2cc(F)ccc2Cl)c(N)c1. The lowest BCUT2D eigenvalue weighted by Gasteiger charge is -2.11. The Bertz CT molecular complexity index is 682. The molecule has 0 radical (unpaired) electrons. The summed E-state index contributed by atoms with van der Waals surface area (Å²) in [6, 6.07) is 9.65. The first kappa shape index (κ1) is 19.3. The lowest BCUT2D eigenvalue weighted by molar-refractivity contribution is 0.113. The van der Waals surface area contributed by atoms with Crippen LogP contribution in [0.15, 0.2) is 36.4 Å². The number of unbranched alkanes of at least 4 members (excludes halogenated alkanes) is 1. The number of hydrogen-bond acceptors (Lipinski definition) is 4. The quantitative estimate of drug-likeness (QED) is 0.482. The third-order valence-electron chi connectivity index (χ3n) is 3.50. The first-order valence-electron chi connectivity index (χ1n) is 8.27. The highest BCUT2D eigenvalue weighted by molar-refractivity contribution is 6.31. The minimum atomic E-state index is -0.315. The van der Waals surface area contributed by atoms with Crippen LogP contribution in [0, 0.1) is 5.82 Å². The molecule has 0 fully saturated rings. The van der Waals surface area contributed by atoms with Gasteiger partial charge in [-0.2, -0.15) is 0 Å². The molecule has 0 aliphatic rings. The smallest absolute Gasteiger partial charge is 0.142 e. The summed E-state index contributed by atoms with van der Waals surface area (Å²) in [4.78, 5) is 0. The van der Waals surface area contributed by atoms with Crippen molar-refractivity contribution in [2.75, 3.05) is 25.6 Å². The maximum atomic E-state index is 13.1. The van der Waals surface area contributed by atoms with E-state index in [2.05, 4.69) is 0 Å². The first-order chi connectivity index (χ1) is 12.1. The van der Waals surface area contributed by atoms with Gasteiger partial charge >= 0.3 is 0 Å². The summed E-state index contributed by atoms with van der Waals surface area (Å²) < 4.78 is 29.7. The van der Waals surface area contributed by atoms with E-state index in [9.17, 15) is 4.39 Å². The van der Waals surface area contributed by atoms with Crippen LogP contribution in [-0.4, -0.2) is 19.8 Å². The number of halogens is 2. The Morgan fingerprint density at radius 2 is 1.84 bits per heavy atom. The van der Waals surface area contributed by atoms with E-state index in [-0.39, 0.29) is 5.82 Å². The van der Waals surface area contributed by atoms with Gasteiger partial charge in [-0.05, 0) is 55.7 Å². The molecule has 6 heteroatoms. The molecular weight excluding hydrogens is 345 g/mol. The number of benzene rings is 2. The normalized spacial score (nSPS) is 10.7. The van der Waals surface area contributed by atoms with E-state index in [4.69, 9.17) is 31.5 Å². The third-order valence-corrected chi connectivity index (χ3v) is 3.87. The molecule has 0 bridgehead atoms. The van der Waals surface area contributed by atoms with Crippen LogP contribution in [0.1, 0.15) is 25.3 Å². The van der Waals surface area contributed by atoms with Crippen molar-refractivity contribution < 1.29 is 18.6 Å². The summed E-state index contributed by atoms with van der Waals surface area (Å²) in [7, 11) is 0. The number of ether oxygens (including phenoxy) is 3. The molecule has 4 nitrogen and oxygen atoms in total. The standard InChI is InChI=1S/C19H23ClFNO3/c1-2-24-16-6-8-19(18(22)12-16)25-10-4-3-9-23-13-14-11-15(21)5-7-17(14)20/h5-8,11-12H,2-4,9-10,13,22H2,1H3. The van der Waals surface area contributed by atoms with Gasteiger partial charge in [-0.25, -0.2) is 4.39 Å². The molecule has 2 rings (SSSR count). The van der Waals surface area contributed by atoms with Crippen LogP contribution in [0.4, 0.5) is 10.1 Å². The van der Waals surface area contributed by atoms with Crippen LogP contribution in [0.3, 0.4) is 0 Å². The van der Waals surface area contributed by atoms with Gasteiger partial charge in [0.1, 0.15) is 17.3 Å². The maximum absolute atomic E-state index is 13.1. The van der Waals surface area contributed by atoms with Crippen molar-refractivity contribution in [1.29, 1.82) is 0 Å². The van der Waals surface area contributed by atoms with E-state index in [0.29, 0.717) is 48.5 Å². The number of rotatable bonds is 10. The Morgan fingerprint density at radius 1 is 1.04 bits per heavy atom. The molecule has 2 aromatic rings. The van der Waals surface area contributed by atoms with Gasteiger partial charge in [0.25, 0.3) is 0 Å². The van der Waals surface area contributed by atoms with Crippen LogP contribution in [0.25, 0.3) is 0 Å². The molecule has 0 unspecified atom stereocenters. The largest absolute Gasteiger partial charge is 0.494 e. The van der Waals surface area contributed by atoms with Gasteiger partial charge in [0.2, 0.25) is 0 Å². The zero-order valence-electron chi connectivity index (χ0n) is 14.3. The highest BCUT2D eigenvalue weighted by Gasteiger charge is 2.04. The molecule has 0 aliphatic carbocycles. The molecule has 0 amide bonds. The van der Waals surface area contributed by atoms with E-state index < -0.39 is 0 Å². The molecule has 0 spiro atoms. The van der Waals surface area contributed by atoms with Crippen molar-refractivity contribution in [1.82, 2.24) is 0 Å². The fourth-order valence-corrected chi connectivity index (χ4v) is 2.41. The molecule has 0 saturated carbocycles. The number of nitrogens with two attached hydrogens (primary N) is 1. The highest BCUT2D eigenvalue weighted by atomic mass is 35.5. The van der Waals surface area contributed by atoms with E-state index in [1.165, 1.54) is 18.2 Å². The summed E-state index contributed by atoms with van der Waals surface area (Å²) in [5.41, 5.74) is 7.14. The second-order valence-corrected chi connectivity index (χ2v) is 5.88. The van der Waals surface area contributed by atoms with Gasteiger partial charge in [-0.3, -0.25) is 0 Å². The Morgan fingerprint density at radius 3 is 2.60 bits per heavy atom. The van der Waals surface area contributed by atoms with Crippen LogP contribution in [0.5, 0.6) is 11.5 Å². The average molecular weight is 368 g/mol. The van der Waals surface area contributed by atoms with E-state index in [1.807, 2.05) is 19.1 Å². The second kappa shape index (κ2) is 10.1. The van der Waals surface area contributed by atoms with E-state index >= 15 is 0 Å². The van der Waals surface area contributed by atoms with Crippen LogP contribution in [-0.2, 0) is 11.3 Å². The highest BCUT2D eigenvalue weighted by Crippen LogP contribution is 2.26. The fourth-order valence-electron chi connectivity index (χ4n) is 2.24. The van der Waals surface area contributed by atoms with Gasteiger partial charge in [0.15, 0.2) is 0 Å². The summed E-state index contributed by atoms with van der Waals surface area (Å²) in [6.07, 6.45) is 1.65. The van der Waals surface area contributed by atoms with Gasteiger partial charge in [0, 0.05) is 17.7 Å². The molecule has 0 saturated heterocycles. The Kier molecular flexibility index (Phi) is 7.82. The molecule has 2 aromatic carbocycles. The van der Waals surface area contributed by atoms with Crippen LogP contribution in [0.2, 0.25) is 5.02 Å². The monoisotopic (exact) mass is 367 g/mol. The lowest BCUT2D eigenvalue weighted by Crippen LogP contribution is -2.03. The summed E-state index contributed by atoms with van der Waals surface area (Å²) in [5.74, 6) is 1.07. The molecule has 2 N–H and O–H groups in total. The predicted octanol–water partition coefficient (Wildman–Crippen LogP) is 4.84. The Balaban J connectivity index is 1.63. The van der Waals surface area contributed by atoms with Crippen LogP contribution < -0.4 is 15.2 Å². The minimum absolute atomic E-state index is 0.295. The van der Waals surface area contributed by atoms with E-state index in [1.54, 1.807) is 6.07 Å². The molecule has 0 aliphatic heterocycles. The fraction of sp³-hybridized carbons (Fsp3) is 0.368. The summed E-state index contributed by atoms with van der Waals surface area (Å²) in [6.45, 7) is 3.91. The van der Waals surface area contributed by atoms with E-state index in [0.717, 1.165) is 18.6 Å². The molecule has 0 atom stereocenters. The third kappa shape index (κ3) is 6.44. The summed E-state index contributed by atoms with van der Waals surface area (Å²) in [5, 5.41) is 0.510. The first-order valence-corrected chi connectivity index (χ1v) is 8.64. The van der Waals surface area contributed by atoms with Gasteiger partial charge in [-0.1, -0.05) is 11.6 Å². The van der Waals surface area contributed by atoms with Crippen molar-refractivity contribution in [3.63, 3.8) is 0 Å². The van der Waals surface area contributed by atoms with Crippen molar-refractivity contribution in [2.45, 2.75) is 26.4 Å². The van der Waals surface area contributed by atoms with Crippen molar-refractivity contribution >= 4 is 17.3 Å². The maximum Gasteiger partial charge on any atom is 0.142 e. The molecule has 0 heterocycles. The van der Waals surface area contributed by atoms with Crippen molar-refractivity contribution in [3.8, 4) is 11.5 Å². The molecule has 25 heavy (non-hydrogen) atoms. The number of anilines is 1. The number of hydrogen-bond donors (Lipinski definition) is 1.